The van der Waals surface area contributed by atoms with Crippen LogP contribution in [0.1, 0.15) is 33.1 Å². The fourth-order valence-electron chi connectivity index (χ4n) is 2.45. The van der Waals surface area contributed by atoms with E-state index in [-0.39, 0.29) is 0 Å². The van der Waals surface area contributed by atoms with Crippen LogP contribution in [-0.2, 0) is 0 Å². The van der Waals surface area contributed by atoms with Gasteiger partial charge in [0.15, 0.2) is 0 Å². The van der Waals surface area contributed by atoms with Gasteiger partial charge in [-0.15, -0.1) is 0 Å². The zero-order valence-electron chi connectivity index (χ0n) is 8.88. The maximum Gasteiger partial charge on any atom is 0.106 e. The van der Waals surface area contributed by atoms with Gasteiger partial charge in [-0.3, -0.25) is 4.59 Å². The van der Waals surface area contributed by atoms with E-state index in [1.54, 1.807) is 0 Å². The van der Waals surface area contributed by atoms with Crippen molar-refractivity contribution in [3.05, 3.63) is 0 Å². The molecule has 0 saturated heterocycles. The average Bonchev–Trinajstić information content (AvgIpc) is 1.82. The summed E-state index contributed by atoms with van der Waals surface area (Å²) in [6, 6.07) is 0.670. The van der Waals surface area contributed by atoms with Gasteiger partial charge < -0.3 is 0 Å². The molecule has 2 N–H and O–H groups in total. The smallest absolute Gasteiger partial charge is 0.106 e. The molecule has 1 saturated carbocycles. The van der Waals surface area contributed by atoms with E-state index in [0.29, 0.717) is 10.6 Å². The van der Waals surface area contributed by atoms with E-state index in [1.807, 2.05) is 0 Å². The molecule has 2 nitrogen and oxygen atoms in total. The quantitative estimate of drug-likeness (QED) is 0.363. The summed E-state index contributed by atoms with van der Waals surface area (Å²) >= 11 is 0. The van der Waals surface area contributed by atoms with Crippen LogP contribution in [-0.4, -0.2) is 24.7 Å². The second-order valence-electron chi connectivity index (χ2n) is 5.20. The van der Waals surface area contributed by atoms with Crippen LogP contribution in [0.15, 0.2) is 0 Å². The molecule has 1 aliphatic rings. The zero-order valence-corrected chi connectivity index (χ0v) is 8.88. The van der Waals surface area contributed by atoms with E-state index in [2.05, 4.69) is 27.9 Å². The Labute approximate surface area is 76.3 Å². The van der Waals surface area contributed by atoms with Crippen molar-refractivity contribution in [2.45, 2.75) is 39.2 Å². The predicted molar refractivity (Wildman–Crippen MR) is 52.3 cm³/mol. The van der Waals surface area contributed by atoms with Gasteiger partial charge >= 0.3 is 0 Å². The highest BCUT2D eigenvalue weighted by molar-refractivity contribution is 4.74. The molecular formula is C10H23N2+. The molecule has 0 amide bonds. The predicted octanol–water partition coefficient (Wildman–Crippen LogP) is 1.76. The van der Waals surface area contributed by atoms with E-state index < -0.39 is 0 Å². The Kier molecular flexibility index (Phi) is 2.79. The third kappa shape index (κ3) is 2.46. The fraction of sp³-hybridized carbons (Fsp3) is 1.00. The third-order valence-electron chi connectivity index (χ3n) is 3.09. The molecular weight excluding hydrogens is 148 g/mol. The van der Waals surface area contributed by atoms with Gasteiger partial charge in [-0.1, -0.05) is 13.8 Å². The topological polar surface area (TPSA) is 26.0 Å². The molecule has 0 aliphatic heterocycles. The molecule has 72 valence electrons. The van der Waals surface area contributed by atoms with E-state index >= 15 is 0 Å². The zero-order chi connectivity index (χ0) is 9.35. The number of rotatable bonds is 1. The summed E-state index contributed by atoms with van der Waals surface area (Å²) in [5, 5.41) is 0. The maximum absolute atomic E-state index is 6.07. The van der Waals surface area contributed by atoms with Gasteiger partial charge in [-0.05, 0) is 18.3 Å². The lowest BCUT2D eigenvalue weighted by molar-refractivity contribution is -0.929. The molecule has 1 rings (SSSR count). The summed E-state index contributed by atoms with van der Waals surface area (Å²) in [5.41, 5.74) is 0. The fourth-order valence-corrected chi connectivity index (χ4v) is 2.45. The van der Waals surface area contributed by atoms with Gasteiger partial charge in [0.05, 0.1) is 14.1 Å². The number of hydrogen-bond acceptors (Lipinski definition) is 1. The Morgan fingerprint density at radius 1 is 1.00 bits per heavy atom. The summed E-state index contributed by atoms with van der Waals surface area (Å²) in [5.74, 6) is 7.79. The molecule has 2 unspecified atom stereocenters. The minimum absolute atomic E-state index is 0.648. The molecule has 0 radical (unpaired) electrons. The Bertz CT molecular complexity index is 138. The van der Waals surface area contributed by atoms with Crippen molar-refractivity contribution < 1.29 is 4.59 Å². The van der Waals surface area contributed by atoms with Gasteiger partial charge in [0, 0.05) is 12.8 Å². The first-order valence-corrected chi connectivity index (χ1v) is 5.02. The van der Waals surface area contributed by atoms with Gasteiger partial charge in [-0.2, -0.15) is 5.84 Å². The summed E-state index contributed by atoms with van der Waals surface area (Å²) in [6.45, 7) is 4.69. The van der Waals surface area contributed by atoms with Crippen LogP contribution in [0.5, 0.6) is 0 Å². The van der Waals surface area contributed by atoms with E-state index in [9.17, 15) is 0 Å². The van der Waals surface area contributed by atoms with Crippen LogP contribution in [0.3, 0.4) is 0 Å². The van der Waals surface area contributed by atoms with Crippen LogP contribution in [0, 0.1) is 11.8 Å². The largest absolute Gasteiger partial charge is 0.251 e. The van der Waals surface area contributed by atoms with E-state index in [1.165, 1.54) is 19.3 Å². The molecule has 0 spiro atoms. The molecule has 0 aromatic heterocycles. The minimum atomic E-state index is 0.648. The van der Waals surface area contributed by atoms with Gasteiger partial charge in [0.2, 0.25) is 0 Å². The number of nitrogens with two attached hydrogens (primary N) is 1. The molecule has 0 heterocycles. The summed E-state index contributed by atoms with van der Waals surface area (Å²) < 4.78 is 0.648. The average molecular weight is 171 g/mol. The van der Waals surface area contributed by atoms with Gasteiger partial charge in [0.25, 0.3) is 0 Å². The summed E-state index contributed by atoms with van der Waals surface area (Å²) in [6.07, 6.45) is 3.98. The Morgan fingerprint density at radius 2 is 1.42 bits per heavy atom. The third-order valence-corrected chi connectivity index (χ3v) is 3.09. The maximum atomic E-state index is 6.07. The molecule has 2 heteroatoms. The highest BCUT2D eigenvalue weighted by atomic mass is 15.6. The molecule has 12 heavy (non-hydrogen) atoms. The van der Waals surface area contributed by atoms with Crippen molar-refractivity contribution in [3.63, 3.8) is 0 Å². The molecule has 0 aromatic rings. The molecule has 0 bridgehead atoms. The molecule has 1 aliphatic carbocycles. The Morgan fingerprint density at radius 3 is 1.75 bits per heavy atom. The van der Waals surface area contributed by atoms with Crippen LogP contribution in [0.25, 0.3) is 0 Å². The molecule has 1 fully saturated rings. The first-order chi connectivity index (χ1) is 5.39. The highest BCUT2D eigenvalue weighted by Crippen LogP contribution is 2.31. The van der Waals surface area contributed by atoms with E-state index in [4.69, 9.17) is 5.84 Å². The standard InChI is InChI=1S/C10H23N2/c1-8-5-9(2)7-10(6-8)12(3,4)11/h8-10H,5-7,11H2,1-4H3/q+1/t8-,9?,10?/m1/s1. The van der Waals surface area contributed by atoms with Gasteiger partial charge in [0.1, 0.15) is 6.04 Å². The van der Waals surface area contributed by atoms with Crippen molar-refractivity contribution >= 4 is 0 Å². The normalized spacial score (nSPS) is 38.2. The number of hydrogen-bond donors (Lipinski definition) is 1. The molecule has 3 atom stereocenters. The summed E-state index contributed by atoms with van der Waals surface area (Å²) in [4.78, 5) is 0. The molecule has 0 aromatic carbocycles. The van der Waals surface area contributed by atoms with Crippen molar-refractivity contribution in [1.29, 1.82) is 0 Å². The van der Waals surface area contributed by atoms with Crippen LogP contribution < -0.4 is 5.84 Å². The lowest BCUT2D eigenvalue weighted by atomic mass is 9.80. The highest BCUT2D eigenvalue weighted by Gasteiger charge is 2.33. The van der Waals surface area contributed by atoms with Crippen LogP contribution in [0.4, 0.5) is 0 Å². The Hall–Kier alpha value is -0.0800. The second-order valence-corrected chi connectivity index (χ2v) is 5.20. The van der Waals surface area contributed by atoms with Crippen molar-refractivity contribution in [3.8, 4) is 0 Å². The lowest BCUT2D eigenvalue weighted by Crippen LogP contribution is -2.56. The number of quaternary nitrogens is 1. The lowest BCUT2D eigenvalue weighted by Gasteiger charge is -2.39. The number of nitrogens with zero attached hydrogens (tertiary/aromatic N) is 1. The van der Waals surface area contributed by atoms with Crippen LogP contribution in [0.2, 0.25) is 0 Å². The van der Waals surface area contributed by atoms with E-state index in [0.717, 1.165) is 11.8 Å². The van der Waals surface area contributed by atoms with Crippen LogP contribution >= 0.6 is 0 Å². The first kappa shape index (κ1) is 10.0. The minimum Gasteiger partial charge on any atom is -0.251 e. The SMILES string of the molecule is CC1CC([N+](C)(C)N)C[C@H](C)C1. The monoisotopic (exact) mass is 171 g/mol. The Balaban J connectivity index is 2.55. The summed E-state index contributed by atoms with van der Waals surface area (Å²) in [7, 11) is 4.21. The van der Waals surface area contributed by atoms with Crippen molar-refractivity contribution in [1.82, 2.24) is 0 Å². The van der Waals surface area contributed by atoms with Gasteiger partial charge in [-0.25, -0.2) is 0 Å². The van der Waals surface area contributed by atoms with Crippen molar-refractivity contribution in [2.24, 2.45) is 17.7 Å². The second kappa shape index (κ2) is 3.35. The van der Waals surface area contributed by atoms with Crippen molar-refractivity contribution in [2.75, 3.05) is 14.1 Å². The first-order valence-electron chi connectivity index (χ1n) is 5.02.